The van der Waals surface area contributed by atoms with E-state index in [0.29, 0.717) is 19.5 Å². The third-order valence-electron chi connectivity index (χ3n) is 4.27. The summed E-state index contributed by atoms with van der Waals surface area (Å²) in [4.78, 5) is 27.6. The highest BCUT2D eigenvalue weighted by Gasteiger charge is 2.13. The van der Waals surface area contributed by atoms with Crippen molar-refractivity contribution in [3.05, 3.63) is 59.9 Å². The summed E-state index contributed by atoms with van der Waals surface area (Å²) in [6, 6.07) is 13.9. The second-order valence-electron chi connectivity index (χ2n) is 6.56. The van der Waals surface area contributed by atoms with Crippen molar-refractivity contribution < 1.29 is 14.0 Å². The fourth-order valence-corrected chi connectivity index (χ4v) is 2.70. The minimum Gasteiger partial charge on any atom is -0.378 e. The molecule has 0 unspecified atom stereocenters. The number of rotatable bonds is 8. The molecule has 27 heavy (non-hydrogen) atoms. The smallest absolute Gasteiger partial charge is 0.223 e. The molecule has 0 saturated carbocycles. The highest BCUT2D eigenvalue weighted by atomic mass is 19.1. The third kappa shape index (κ3) is 6.40. The molecule has 144 valence electrons. The third-order valence-corrected chi connectivity index (χ3v) is 4.27. The maximum Gasteiger partial charge on any atom is 0.223 e. The Morgan fingerprint density at radius 1 is 0.963 bits per heavy atom. The van der Waals surface area contributed by atoms with E-state index in [1.54, 1.807) is 17.0 Å². The molecule has 0 radical (unpaired) electrons. The summed E-state index contributed by atoms with van der Waals surface area (Å²) in [6.07, 6.45) is 0.854. The summed E-state index contributed by atoms with van der Waals surface area (Å²) >= 11 is 0. The first-order valence-electron chi connectivity index (χ1n) is 8.93. The molecule has 2 amide bonds. The minimum atomic E-state index is -0.272. The Labute approximate surface area is 159 Å². The minimum absolute atomic E-state index is 0.105. The van der Waals surface area contributed by atoms with Crippen LogP contribution < -0.4 is 15.1 Å². The van der Waals surface area contributed by atoms with Crippen molar-refractivity contribution in [1.29, 1.82) is 0 Å². The van der Waals surface area contributed by atoms with Gasteiger partial charge in [-0.3, -0.25) is 9.59 Å². The van der Waals surface area contributed by atoms with Crippen molar-refractivity contribution in [3.8, 4) is 0 Å². The fraction of sp³-hybridized carbons (Fsp3) is 0.333. The Bertz CT molecular complexity index is 758. The Kier molecular flexibility index (Phi) is 7.34. The number of amides is 2. The van der Waals surface area contributed by atoms with E-state index < -0.39 is 0 Å². The van der Waals surface area contributed by atoms with Gasteiger partial charge < -0.3 is 15.1 Å². The van der Waals surface area contributed by atoms with Gasteiger partial charge in [-0.2, -0.15) is 0 Å². The van der Waals surface area contributed by atoms with Crippen LogP contribution in [0.1, 0.15) is 18.9 Å². The number of benzene rings is 2. The quantitative estimate of drug-likeness (QED) is 0.776. The molecule has 2 rings (SSSR count). The summed E-state index contributed by atoms with van der Waals surface area (Å²) in [5.41, 5.74) is 2.77. The lowest BCUT2D eigenvalue weighted by atomic mass is 10.1. The van der Waals surface area contributed by atoms with Gasteiger partial charge >= 0.3 is 0 Å². The summed E-state index contributed by atoms with van der Waals surface area (Å²) < 4.78 is 12.9. The number of nitrogens with zero attached hydrogens (tertiary/aromatic N) is 2. The van der Waals surface area contributed by atoms with Gasteiger partial charge in [-0.15, -0.1) is 0 Å². The zero-order valence-electron chi connectivity index (χ0n) is 16.0. The van der Waals surface area contributed by atoms with Crippen molar-refractivity contribution in [2.24, 2.45) is 0 Å². The standard InChI is InChI=1S/C21H26FN3O2/c1-16(26)25(20-10-8-19(9-11-20)24(2)3)15-13-21(27)23-14-12-17-4-6-18(22)7-5-17/h4-11H,12-15H2,1-3H3,(H,23,27). The van der Waals surface area contributed by atoms with E-state index in [9.17, 15) is 14.0 Å². The second-order valence-corrected chi connectivity index (χ2v) is 6.56. The van der Waals surface area contributed by atoms with Gasteiger partial charge in [-0.25, -0.2) is 4.39 Å². The number of carbonyl (C=O) groups excluding carboxylic acids is 2. The summed E-state index contributed by atoms with van der Waals surface area (Å²) in [6.45, 7) is 2.29. The summed E-state index contributed by atoms with van der Waals surface area (Å²) in [7, 11) is 3.90. The normalized spacial score (nSPS) is 10.4. The van der Waals surface area contributed by atoms with Crippen molar-refractivity contribution >= 4 is 23.2 Å². The highest BCUT2D eigenvalue weighted by Crippen LogP contribution is 2.20. The van der Waals surface area contributed by atoms with E-state index in [1.165, 1.54) is 19.1 Å². The molecule has 0 aliphatic carbocycles. The first-order chi connectivity index (χ1) is 12.9. The molecule has 0 atom stereocenters. The van der Waals surface area contributed by atoms with E-state index in [1.807, 2.05) is 43.3 Å². The highest BCUT2D eigenvalue weighted by molar-refractivity contribution is 5.92. The van der Waals surface area contributed by atoms with Crippen LogP contribution in [0.2, 0.25) is 0 Å². The van der Waals surface area contributed by atoms with E-state index in [0.717, 1.165) is 16.9 Å². The molecular weight excluding hydrogens is 345 g/mol. The molecule has 0 saturated heterocycles. The van der Waals surface area contributed by atoms with E-state index >= 15 is 0 Å². The number of carbonyl (C=O) groups is 2. The summed E-state index contributed by atoms with van der Waals surface area (Å²) in [5.74, 6) is -0.495. The van der Waals surface area contributed by atoms with Gasteiger partial charge in [-0.1, -0.05) is 12.1 Å². The Morgan fingerprint density at radius 2 is 1.56 bits per heavy atom. The van der Waals surface area contributed by atoms with Crippen LogP contribution in [-0.2, 0) is 16.0 Å². The maximum atomic E-state index is 12.9. The van der Waals surface area contributed by atoms with Crippen LogP contribution in [0.15, 0.2) is 48.5 Å². The molecule has 0 aromatic heterocycles. The topological polar surface area (TPSA) is 52.7 Å². The Morgan fingerprint density at radius 3 is 2.11 bits per heavy atom. The van der Waals surface area contributed by atoms with Crippen LogP contribution in [0, 0.1) is 5.82 Å². The van der Waals surface area contributed by atoms with Crippen LogP contribution >= 0.6 is 0 Å². The number of hydrogen-bond donors (Lipinski definition) is 1. The molecule has 0 heterocycles. The predicted molar refractivity (Wildman–Crippen MR) is 107 cm³/mol. The summed E-state index contributed by atoms with van der Waals surface area (Å²) in [5, 5.41) is 2.84. The van der Waals surface area contributed by atoms with Crippen LogP contribution in [0.25, 0.3) is 0 Å². The van der Waals surface area contributed by atoms with Gasteiger partial charge in [0.25, 0.3) is 0 Å². The second kappa shape index (κ2) is 9.71. The lowest BCUT2D eigenvalue weighted by Crippen LogP contribution is -2.34. The van der Waals surface area contributed by atoms with Gasteiger partial charge in [0, 0.05) is 51.9 Å². The molecule has 0 aliphatic rings. The van der Waals surface area contributed by atoms with E-state index in [-0.39, 0.29) is 24.1 Å². The monoisotopic (exact) mass is 371 g/mol. The fourth-order valence-electron chi connectivity index (χ4n) is 2.70. The number of anilines is 2. The van der Waals surface area contributed by atoms with E-state index in [4.69, 9.17) is 0 Å². The van der Waals surface area contributed by atoms with Gasteiger partial charge in [0.05, 0.1) is 0 Å². The molecule has 1 N–H and O–H groups in total. The molecular formula is C21H26FN3O2. The number of halogens is 1. The molecule has 0 spiro atoms. The Balaban J connectivity index is 1.83. The van der Waals surface area contributed by atoms with Crippen molar-refractivity contribution in [2.75, 3.05) is 37.0 Å². The number of nitrogens with one attached hydrogen (secondary N) is 1. The van der Waals surface area contributed by atoms with E-state index in [2.05, 4.69) is 5.32 Å². The molecule has 2 aromatic carbocycles. The average Bonchev–Trinajstić information content (AvgIpc) is 2.63. The van der Waals surface area contributed by atoms with Crippen LogP contribution in [0.3, 0.4) is 0 Å². The molecule has 0 aliphatic heterocycles. The Hall–Kier alpha value is -2.89. The van der Waals surface area contributed by atoms with Crippen molar-refractivity contribution in [2.45, 2.75) is 19.8 Å². The van der Waals surface area contributed by atoms with Crippen LogP contribution in [0.5, 0.6) is 0 Å². The van der Waals surface area contributed by atoms with Gasteiger partial charge in [0.1, 0.15) is 5.82 Å². The first kappa shape index (κ1) is 20.4. The molecule has 2 aromatic rings. The molecule has 5 nitrogen and oxygen atoms in total. The SMILES string of the molecule is CC(=O)N(CCC(=O)NCCc1ccc(F)cc1)c1ccc(N(C)C)cc1. The molecule has 6 heteroatoms. The van der Waals surface area contributed by atoms with Gasteiger partial charge in [-0.05, 0) is 48.4 Å². The van der Waals surface area contributed by atoms with Crippen molar-refractivity contribution in [1.82, 2.24) is 5.32 Å². The predicted octanol–water partition coefficient (Wildman–Crippen LogP) is 2.99. The van der Waals surface area contributed by atoms with Gasteiger partial charge in [0.15, 0.2) is 0 Å². The largest absolute Gasteiger partial charge is 0.378 e. The van der Waals surface area contributed by atoms with Crippen LogP contribution in [-0.4, -0.2) is 39.0 Å². The zero-order chi connectivity index (χ0) is 19.8. The van der Waals surface area contributed by atoms with Crippen LogP contribution in [0.4, 0.5) is 15.8 Å². The maximum absolute atomic E-state index is 12.9. The molecule has 0 bridgehead atoms. The van der Waals surface area contributed by atoms with Gasteiger partial charge in [0.2, 0.25) is 11.8 Å². The lowest BCUT2D eigenvalue weighted by Gasteiger charge is -2.22. The zero-order valence-corrected chi connectivity index (χ0v) is 16.0. The average molecular weight is 371 g/mol. The van der Waals surface area contributed by atoms with Crippen molar-refractivity contribution in [3.63, 3.8) is 0 Å². The molecule has 0 fully saturated rings. The first-order valence-corrected chi connectivity index (χ1v) is 8.93. The lowest BCUT2D eigenvalue weighted by molar-refractivity contribution is -0.121. The number of hydrogen-bond acceptors (Lipinski definition) is 3.